The predicted octanol–water partition coefficient (Wildman–Crippen LogP) is 3.53. The molecule has 170 valence electrons. The molecular weight excluding hydrogens is 406 g/mol. The van der Waals surface area contributed by atoms with Gasteiger partial charge in [0, 0.05) is 49.3 Å². The van der Waals surface area contributed by atoms with E-state index >= 15 is 0 Å². The van der Waals surface area contributed by atoms with Gasteiger partial charge in [-0.2, -0.15) is 9.97 Å². The third kappa shape index (κ3) is 4.35. The molecule has 0 spiro atoms. The van der Waals surface area contributed by atoms with Crippen LogP contribution in [-0.2, 0) is 19.4 Å². The molecule has 1 amide bonds. The van der Waals surface area contributed by atoms with Crippen LogP contribution in [0.1, 0.15) is 40.9 Å². The Labute approximate surface area is 188 Å². The van der Waals surface area contributed by atoms with E-state index in [4.69, 9.17) is 9.47 Å². The maximum absolute atomic E-state index is 12.5. The summed E-state index contributed by atoms with van der Waals surface area (Å²) in [5.41, 5.74) is 4.79. The van der Waals surface area contributed by atoms with E-state index in [1.54, 1.807) is 39.3 Å². The zero-order chi connectivity index (χ0) is 22.7. The molecular formula is C24H31N5O3. The van der Waals surface area contributed by atoms with Gasteiger partial charge in [-0.05, 0) is 55.9 Å². The molecule has 3 aromatic rings. The van der Waals surface area contributed by atoms with Crippen LogP contribution in [0.4, 0.5) is 5.95 Å². The van der Waals surface area contributed by atoms with E-state index in [-0.39, 0.29) is 5.91 Å². The largest absolute Gasteiger partial charge is 0.481 e. The van der Waals surface area contributed by atoms with Gasteiger partial charge in [-0.15, -0.1) is 0 Å². The lowest BCUT2D eigenvalue weighted by Crippen LogP contribution is -2.21. The molecule has 0 bridgehead atoms. The van der Waals surface area contributed by atoms with Crippen molar-refractivity contribution in [1.82, 2.24) is 19.4 Å². The van der Waals surface area contributed by atoms with Gasteiger partial charge in [0.05, 0.1) is 20.3 Å². The smallest absolute Gasteiger partial charge is 0.253 e. The first-order chi connectivity index (χ1) is 15.5. The topological polar surface area (TPSA) is 81.5 Å². The number of ether oxygens (including phenoxy) is 2. The number of hydrogen-bond donors (Lipinski definition) is 1. The van der Waals surface area contributed by atoms with Crippen LogP contribution in [0.25, 0.3) is 10.9 Å². The summed E-state index contributed by atoms with van der Waals surface area (Å²) in [6.45, 7) is 1.61. The quantitative estimate of drug-likeness (QED) is 0.543. The molecule has 1 aliphatic rings. The first kappa shape index (κ1) is 21.9. The zero-order valence-corrected chi connectivity index (χ0v) is 19.3. The molecule has 1 aliphatic carbocycles. The van der Waals surface area contributed by atoms with E-state index in [0.717, 1.165) is 37.9 Å². The van der Waals surface area contributed by atoms with Gasteiger partial charge in [0.15, 0.2) is 0 Å². The maximum Gasteiger partial charge on any atom is 0.253 e. The summed E-state index contributed by atoms with van der Waals surface area (Å²) >= 11 is 0. The van der Waals surface area contributed by atoms with Crippen LogP contribution >= 0.6 is 0 Å². The average Bonchev–Trinajstić information content (AvgIpc) is 3.14. The van der Waals surface area contributed by atoms with Crippen molar-refractivity contribution in [2.75, 3.05) is 40.2 Å². The van der Waals surface area contributed by atoms with Crippen LogP contribution in [-0.4, -0.2) is 60.2 Å². The van der Waals surface area contributed by atoms with E-state index in [1.807, 2.05) is 6.07 Å². The molecule has 32 heavy (non-hydrogen) atoms. The van der Waals surface area contributed by atoms with Gasteiger partial charge in [-0.3, -0.25) is 4.79 Å². The van der Waals surface area contributed by atoms with Crippen molar-refractivity contribution in [3.05, 3.63) is 41.1 Å². The molecule has 0 aliphatic heterocycles. The van der Waals surface area contributed by atoms with Crippen molar-refractivity contribution in [3.8, 4) is 11.8 Å². The number of aryl methyl sites for hydroxylation is 2. The molecule has 0 atom stereocenters. The number of aromatic nitrogens is 3. The van der Waals surface area contributed by atoms with Crippen LogP contribution in [0.3, 0.4) is 0 Å². The van der Waals surface area contributed by atoms with Crippen molar-refractivity contribution in [2.45, 2.75) is 38.6 Å². The highest BCUT2D eigenvalue weighted by Gasteiger charge is 2.21. The van der Waals surface area contributed by atoms with Gasteiger partial charge in [0.1, 0.15) is 0 Å². The molecule has 1 aromatic carbocycles. The van der Waals surface area contributed by atoms with Gasteiger partial charge in [-0.1, -0.05) is 0 Å². The first-order valence-electron chi connectivity index (χ1n) is 11.1. The van der Waals surface area contributed by atoms with Gasteiger partial charge in [0.2, 0.25) is 17.7 Å². The number of anilines is 1. The SMILES string of the molecule is COc1cc(OC)nc(NCCCn2c3c(c4cc(C(=O)N(C)C)ccc42)CCCC3)n1. The van der Waals surface area contributed by atoms with Crippen LogP contribution in [0.15, 0.2) is 24.3 Å². The van der Waals surface area contributed by atoms with Crippen molar-refractivity contribution < 1.29 is 14.3 Å². The van der Waals surface area contributed by atoms with Crippen LogP contribution in [0.5, 0.6) is 11.8 Å². The van der Waals surface area contributed by atoms with Gasteiger partial charge in [-0.25, -0.2) is 0 Å². The van der Waals surface area contributed by atoms with Gasteiger partial charge in [0.25, 0.3) is 5.91 Å². The maximum atomic E-state index is 12.5. The molecule has 0 saturated heterocycles. The Kier molecular flexibility index (Phi) is 6.48. The first-order valence-corrected chi connectivity index (χ1v) is 11.1. The van der Waals surface area contributed by atoms with Crippen molar-refractivity contribution in [2.24, 2.45) is 0 Å². The van der Waals surface area contributed by atoms with E-state index in [1.165, 1.54) is 35.0 Å². The number of fused-ring (bicyclic) bond motifs is 3. The second-order valence-electron chi connectivity index (χ2n) is 8.27. The van der Waals surface area contributed by atoms with Crippen LogP contribution in [0, 0.1) is 0 Å². The standard InChI is InChI=1S/C24H31N5O3/c1-28(2)23(30)16-10-11-20-18(14-16)17-8-5-6-9-19(17)29(20)13-7-12-25-24-26-21(31-3)15-22(27-24)32-4/h10-11,14-15H,5-9,12-13H2,1-4H3,(H,25,26,27). The molecule has 1 N–H and O–H groups in total. The Morgan fingerprint density at radius 3 is 2.50 bits per heavy atom. The molecule has 4 rings (SSSR count). The molecule has 0 fully saturated rings. The van der Waals surface area contributed by atoms with Crippen molar-refractivity contribution in [1.29, 1.82) is 0 Å². The highest BCUT2D eigenvalue weighted by molar-refractivity contribution is 5.99. The summed E-state index contributed by atoms with van der Waals surface area (Å²) < 4.78 is 12.9. The molecule has 2 heterocycles. The summed E-state index contributed by atoms with van der Waals surface area (Å²) in [6, 6.07) is 7.78. The zero-order valence-electron chi connectivity index (χ0n) is 19.3. The Bertz CT molecular complexity index is 1100. The fraction of sp³-hybridized carbons (Fsp3) is 0.458. The van der Waals surface area contributed by atoms with E-state index in [9.17, 15) is 4.79 Å². The monoisotopic (exact) mass is 437 g/mol. The number of hydrogen-bond acceptors (Lipinski definition) is 6. The summed E-state index contributed by atoms with van der Waals surface area (Å²) in [7, 11) is 6.73. The van der Waals surface area contributed by atoms with Crippen LogP contribution < -0.4 is 14.8 Å². The minimum absolute atomic E-state index is 0.0436. The van der Waals surface area contributed by atoms with Crippen molar-refractivity contribution >= 4 is 22.8 Å². The van der Waals surface area contributed by atoms with Gasteiger partial charge >= 0.3 is 0 Å². The lowest BCUT2D eigenvalue weighted by Gasteiger charge is -2.16. The summed E-state index contributed by atoms with van der Waals surface area (Å²) in [4.78, 5) is 22.8. The summed E-state index contributed by atoms with van der Waals surface area (Å²) in [5.74, 6) is 1.47. The Balaban J connectivity index is 1.52. The number of rotatable bonds is 8. The molecule has 2 aromatic heterocycles. The Morgan fingerprint density at radius 1 is 1.09 bits per heavy atom. The highest BCUT2D eigenvalue weighted by Crippen LogP contribution is 2.33. The molecule has 0 saturated carbocycles. The van der Waals surface area contributed by atoms with Crippen LogP contribution in [0.2, 0.25) is 0 Å². The summed E-state index contributed by atoms with van der Waals surface area (Å²) in [6.07, 6.45) is 5.49. The lowest BCUT2D eigenvalue weighted by atomic mass is 9.95. The van der Waals surface area contributed by atoms with Crippen molar-refractivity contribution in [3.63, 3.8) is 0 Å². The number of carbonyl (C=O) groups is 1. The minimum Gasteiger partial charge on any atom is -0.481 e. The summed E-state index contributed by atoms with van der Waals surface area (Å²) in [5, 5.41) is 4.50. The second kappa shape index (κ2) is 9.46. The minimum atomic E-state index is 0.0436. The fourth-order valence-corrected chi connectivity index (χ4v) is 4.41. The Hall–Kier alpha value is -3.29. The molecule has 8 heteroatoms. The molecule has 0 unspecified atom stereocenters. The third-order valence-corrected chi connectivity index (χ3v) is 5.97. The number of amides is 1. The Morgan fingerprint density at radius 2 is 1.81 bits per heavy atom. The number of nitrogens with one attached hydrogen (secondary N) is 1. The second-order valence-corrected chi connectivity index (χ2v) is 8.27. The number of carbonyl (C=O) groups excluding carboxylic acids is 1. The third-order valence-electron chi connectivity index (χ3n) is 5.97. The lowest BCUT2D eigenvalue weighted by molar-refractivity contribution is 0.0828. The number of benzene rings is 1. The van der Waals surface area contributed by atoms with Gasteiger partial charge < -0.3 is 24.3 Å². The highest BCUT2D eigenvalue weighted by atomic mass is 16.5. The molecule has 0 radical (unpaired) electrons. The van der Waals surface area contributed by atoms with E-state index in [0.29, 0.717) is 17.7 Å². The number of methoxy groups -OCH3 is 2. The average molecular weight is 438 g/mol. The fourth-order valence-electron chi connectivity index (χ4n) is 4.41. The normalized spacial score (nSPS) is 13.0. The van der Waals surface area contributed by atoms with E-state index in [2.05, 4.69) is 32.0 Å². The predicted molar refractivity (Wildman–Crippen MR) is 125 cm³/mol. The van der Waals surface area contributed by atoms with E-state index < -0.39 is 0 Å². The molecule has 8 nitrogen and oxygen atoms in total. The number of nitrogens with zero attached hydrogens (tertiary/aromatic N) is 4.